The molecular weight excluding hydrogens is 462 g/mol. The maximum Gasteiger partial charge on any atom is 0.279 e. The van der Waals surface area contributed by atoms with Crippen LogP contribution in [0, 0.1) is 0 Å². The summed E-state index contributed by atoms with van der Waals surface area (Å²) < 4.78 is 15.7. The van der Waals surface area contributed by atoms with Crippen LogP contribution in [0.2, 0.25) is 0 Å². The number of carbonyl (C=O) groups excluding carboxylic acids is 1. The van der Waals surface area contributed by atoms with Crippen LogP contribution in [0.5, 0.6) is 0 Å². The fourth-order valence-corrected chi connectivity index (χ4v) is 4.26. The first-order chi connectivity index (χ1) is 18.0. The van der Waals surface area contributed by atoms with Crippen molar-refractivity contribution >= 4 is 28.9 Å². The van der Waals surface area contributed by atoms with Crippen molar-refractivity contribution in [3.8, 4) is 5.82 Å². The molecule has 1 aliphatic rings. The number of anilines is 3. The molecule has 1 amide bonds. The zero-order valence-electron chi connectivity index (χ0n) is 20.1. The molecule has 5 aromatic heterocycles. The van der Waals surface area contributed by atoms with Crippen LogP contribution in [-0.2, 0) is 6.42 Å². The van der Waals surface area contributed by atoms with Crippen LogP contribution in [0.15, 0.2) is 70.5 Å². The van der Waals surface area contributed by atoms with Crippen LogP contribution >= 0.6 is 0 Å². The SMILES string of the molecule is [2H]c1onc2c1CCC2NC(=O)c1cnn2c(NC)cc(Nc3cccn(-c4ccccn4)c3=O)nc12. The summed E-state index contributed by atoms with van der Waals surface area (Å²) >= 11 is 0. The normalized spacial score (nSPS) is 14.9. The number of nitrogens with zero attached hydrogens (tertiary/aromatic N) is 6. The van der Waals surface area contributed by atoms with Gasteiger partial charge in [-0.2, -0.15) is 9.61 Å². The van der Waals surface area contributed by atoms with E-state index in [-0.39, 0.29) is 35.0 Å². The molecule has 36 heavy (non-hydrogen) atoms. The van der Waals surface area contributed by atoms with Crippen molar-refractivity contribution in [2.45, 2.75) is 18.9 Å². The Morgan fingerprint density at radius 2 is 2.19 bits per heavy atom. The lowest BCUT2D eigenvalue weighted by molar-refractivity contribution is 0.0936. The number of hydrogen-bond acceptors (Lipinski definition) is 9. The second-order valence-corrected chi connectivity index (χ2v) is 8.19. The van der Waals surface area contributed by atoms with Crippen molar-refractivity contribution < 1.29 is 10.7 Å². The predicted octanol–water partition coefficient (Wildman–Crippen LogP) is 2.47. The van der Waals surface area contributed by atoms with Crippen molar-refractivity contribution in [2.75, 3.05) is 17.7 Å². The molecule has 12 nitrogen and oxygen atoms in total. The number of carbonyl (C=O) groups is 1. The lowest BCUT2D eigenvalue weighted by Gasteiger charge is -2.12. The highest BCUT2D eigenvalue weighted by molar-refractivity contribution is 6.00. The van der Waals surface area contributed by atoms with Gasteiger partial charge in [0.15, 0.2) is 5.65 Å². The highest BCUT2D eigenvalue weighted by Crippen LogP contribution is 2.30. The van der Waals surface area contributed by atoms with Gasteiger partial charge < -0.3 is 20.5 Å². The van der Waals surface area contributed by atoms with Crippen LogP contribution in [0.1, 0.15) is 35.4 Å². The molecule has 1 aliphatic carbocycles. The third kappa shape index (κ3) is 3.64. The van der Waals surface area contributed by atoms with Gasteiger partial charge in [-0.3, -0.25) is 14.2 Å². The number of nitrogens with one attached hydrogen (secondary N) is 3. The zero-order chi connectivity index (χ0) is 25.5. The van der Waals surface area contributed by atoms with Gasteiger partial charge in [-0.25, -0.2) is 9.97 Å². The van der Waals surface area contributed by atoms with Gasteiger partial charge in [0.2, 0.25) is 0 Å². The Hall–Kier alpha value is -5.00. The van der Waals surface area contributed by atoms with Gasteiger partial charge in [0.25, 0.3) is 11.5 Å². The Kier molecular flexibility index (Phi) is 4.90. The van der Waals surface area contributed by atoms with E-state index in [0.717, 1.165) is 0 Å². The van der Waals surface area contributed by atoms with Crippen LogP contribution in [-0.4, -0.2) is 42.3 Å². The monoisotopic (exact) mass is 484 g/mol. The highest BCUT2D eigenvalue weighted by Gasteiger charge is 2.29. The minimum Gasteiger partial charge on any atom is -0.373 e. The van der Waals surface area contributed by atoms with E-state index in [1.54, 1.807) is 55.8 Å². The molecule has 0 aliphatic heterocycles. The zero-order valence-corrected chi connectivity index (χ0v) is 19.1. The summed E-state index contributed by atoms with van der Waals surface area (Å²) in [5.41, 5.74) is 1.82. The van der Waals surface area contributed by atoms with Crippen LogP contribution in [0.25, 0.3) is 11.5 Å². The maximum atomic E-state index is 13.2. The minimum atomic E-state index is -0.383. The molecule has 6 rings (SSSR count). The quantitative estimate of drug-likeness (QED) is 0.331. The van der Waals surface area contributed by atoms with E-state index < -0.39 is 0 Å². The van der Waals surface area contributed by atoms with Crippen molar-refractivity contribution in [2.24, 2.45) is 0 Å². The largest absolute Gasteiger partial charge is 0.373 e. The molecule has 0 radical (unpaired) electrons. The van der Waals surface area contributed by atoms with Gasteiger partial charge in [-0.15, -0.1) is 0 Å². The van der Waals surface area contributed by atoms with Crippen molar-refractivity contribution in [3.63, 3.8) is 0 Å². The average molecular weight is 484 g/mol. The van der Waals surface area contributed by atoms with E-state index in [4.69, 9.17) is 5.89 Å². The van der Waals surface area contributed by atoms with Crippen LogP contribution in [0.4, 0.5) is 17.3 Å². The summed E-state index contributed by atoms with van der Waals surface area (Å²) in [6.45, 7) is 0. The number of aromatic nitrogens is 6. The molecule has 1 atom stereocenters. The van der Waals surface area contributed by atoms with Crippen molar-refractivity contribution in [3.05, 3.63) is 88.4 Å². The first-order valence-electron chi connectivity index (χ1n) is 11.8. The van der Waals surface area contributed by atoms with E-state index in [9.17, 15) is 9.59 Å². The second-order valence-electron chi connectivity index (χ2n) is 8.19. The van der Waals surface area contributed by atoms with E-state index in [2.05, 4.69) is 36.2 Å². The second kappa shape index (κ2) is 8.65. The lowest BCUT2D eigenvalue weighted by atomic mass is 10.2. The number of fused-ring (bicyclic) bond motifs is 2. The van der Waals surface area contributed by atoms with Crippen molar-refractivity contribution in [1.82, 2.24) is 34.6 Å². The fraction of sp³-hybridized carbons (Fsp3) is 0.167. The molecule has 3 N–H and O–H groups in total. The van der Waals surface area contributed by atoms with E-state index in [0.29, 0.717) is 47.2 Å². The Labute approximate surface area is 205 Å². The van der Waals surface area contributed by atoms with Crippen LogP contribution < -0.4 is 21.5 Å². The molecule has 5 heterocycles. The van der Waals surface area contributed by atoms with E-state index in [1.165, 1.54) is 15.3 Å². The molecule has 12 heteroatoms. The molecule has 0 saturated carbocycles. The first-order valence-corrected chi connectivity index (χ1v) is 11.3. The standard InChI is InChI=1S/C24H21N9O3/c1-25-20-11-18(28-17-5-4-10-32(24(17)35)19-6-2-3-9-26-19)30-22-15(12-27-33(20)22)23(34)29-16-8-7-14-13-36-31-21(14)16/h2-6,9-13,16,25H,7-8H2,1H3,(H,28,30)(H,29,34)/i13D. The van der Waals surface area contributed by atoms with E-state index in [1.807, 2.05) is 0 Å². The van der Waals surface area contributed by atoms with Gasteiger partial charge in [-0.05, 0) is 37.1 Å². The summed E-state index contributed by atoms with van der Waals surface area (Å²) in [6.07, 6.45) is 5.96. The fourth-order valence-electron chi connectivity index (χ4n) is 4.26. The molecule has 0 aromatic carbocycles. The van der Waals surface area contributed by atoms with Gasteiger partial charge in [0.05, 0.1) is 12.2 Å². The average Bonchev–Trinajstić information content (AvgIpc) is 3.62. The number of hydrogen-bond donors (Lipinski definition) is 3. The Morgan fingerprint density at radius 3 is 3.03 bits per heavy atom. The molecule has 1 unspecified atom stereocenters. The predicted molar refractivity (Wildman–Crippen MR) is 131 cm³/mol. The van der Waals surface area contributed by atoms with Gasteiger partial charge in [0, 0.05) is 31.1 Å². The highest BCUT2D eigenvalue weighted by atomic mass is 16.5. The molecule has 0 bridgehead atoms. The van der Waals surface area contributed by atoms with Gasteiger partial charge >= 0.3 is 0 Å². The van der Waals surface area contributed by atoms with Gasteiger partial charge in [0.1, 0.15) is 42.0 Å². The summed E-state index contributed by atoms with van der Waals surface area (Å²) in [6, 6.07) is 10.0. The minimum absolute atomic E-state index is 0.0294. The summed E-state index contributed by atoms with van der Waals surface area (Å²) in [7, 11) is 1.72. The summed E-state index contributed by atoms with van der Waals surface area (Å²) in [5.74, 6) is 1.02. The van der Waals surface area contributed by atoms with Crippen LogP contribution in [0.3, 0.4) is 0 Å². The first kappa shape index (κ1) is 20.4. The molecular formula is C24H21N9O3. The summed E-state index contributed by atoms with van der Waals surface area (Å²) in [5, 5.41) is 17.3. The molecule has 0 spiro atoms. The Balaban J connectivity index is 1.33. The summed E-state index contributed by atoms with van der Waals surface area (Å²) in [4.78, 5) is 35.2. The Morgan fingerprint density at radius 1 is 1.28 bits per heavy atom. The smallest absolute Gasteiger partial charge is 0.279 e. The number of rotatable bonds is 6. The molecule has 180 valence electrons. The molecule has 5 aromatic rings. The van der Waals surface area contributed by atoms with E-state index >= 15 is 0 Å². The third-order valence-electron chi connectivity index (χ3n) is 6.02. The third-order valence-corrected chi connectivity index (χ3v) is 6.02. The van der Waals surface area contributed by atoms with Crippen molar-refractivity contribution in [1.29, 1.82) is 0 Å². The Bertz CT molecular complexity index is 1690. The van der Waals surface area contributed by atoms with Gasteiger partial charge in [-0.1, -0.05) is 11.2 Å². The topological polar surface area (TPSA) is 144 Å². The molecule has 0 saturated heterocycles. The number of amides is 1. The number of pyridine rings is 2. The maximum absolute atomic E-state index is 13.2. The molecule has 0 fully saturated rings. The lowest BCUT2D eigenvalue weighted by Crippen LogP contribution is -2.27.